The summed E-state index contributed by atoms with van der Waals surface area (Å²) in [5.74, 6) is 2.47. The van der Waals surface area contributed by atoms with Crippen molar-refractivity contribution in [3.63, 3.8) is 0 Å². The van der Waals surface area contributed by atoms with Gasteiger partial charge < -0.3 is 15.5 Å². The van der Waals surface area contributed by atoms with Gasteiger partial charge in [-0.3, -0.25) is 4.98 Å². The van der Waals surface area contributed by atoms with E-state index in [1.165, 1.54) is 24.8 Å². The molecule has 8 heteroatoms. The number of benzene rings is 1. The van der Waals surface area contributed by atoms with Gasteiger partial charge in [0.15, 0.2) is 5.82 Å². The van der Waals surface area contributed by atoms with Gasteiger partial charge in [0, 0.05) is 55.2 Å². The molecule has 5 heterocycles. The van der Waals surface area contributed by atoms with Crippen molar-refractivity contribution in [1.29, 1.82) is 0 Å². The van der Waals surface area contributed by atoms with E-state index in [4.69, 9.17) is 10.1 Å². The molecule has 33 heavy (non-hydrogen) atoms. The van der Waals surface area contributed by atoms with Gasteiger partial charge in [0.1, 0.15) is 11.6 Å². The summed E-state index contributed by atoms with van der Waals surface area (Å²) in [6.07, 6.45) is 11.6. The van der Waals surface area contributed by atoms with E-state index in [-0.39, 0.29) is 0 Å². The molecular formula is C25H28N8. The van der Waals surface area contributed by atoms with Crippen molar-refractivity contribution < 1.29 is 0 Å². The number of aryl methyl sites for hydroxylation is 1. The van der Waals surface area contributed by atoms with E-state index in [1.54, 1.807) is 18.6 Å². The Morgan fingerprint density at radius 2 is 2.09 bits per heavy atom. The molecule has 6 rings (SSSR count). The first-order chi connectivity index (χ1) is 16.3. The third-order valence-electron chi connectivity index (χ3n) is 6.70. The Balaban J connectivity index is 1.42. The third-order valence-corrected chi connectivity index (χ3v) is 6.70. The number of aromatic nitrogens is 5. The van der Waals surface area contributed by atoms with Gasteiger partial charge >= 0.3 is 0 Å². The zero-order chi connectivity index (χ0) is 22.2. The second kappa shape index (κ2) is 8.44. The maximum absolute atomic E-state index is 4.97. The Bertz CT molecular complexity index is 1270. The maximum atomic E-state index is 4.97. The van der Waals surface area contributed by atoms with E-state index in [0.29, 0.717) is 17.9 Å². The van der Waals surface area contributed by atoms with Gasteiger partial charge in [-0.15, -0.1) is 5.10 Å². The predicted octanol–water partition coefficient (Wildman–Crippen LogP) is 3.85. The van der Waals surface area contributed by atoms with Gasteiger partial charge in [-0.2, -0.15) is 0 Å². The van der Waals surface area contributed by atoms with Crippen LogP contribution in [0.1, 0.15) is 31.7 Å². The van der Waals surface area contributed by atoms with Crippen molar-refractivity contribution in [2.24, 2.45) is 0 Å². The van der Waals surface area contributed by atoms with E-state index >= 15 is 0 Å². The average Bonchev–Trinajstić information content (AvgIpc) is 3.58. The third kappa shape index (κ3) is 3.80. The fourth-order valence-electron chi connectivity index (χ4n) is 5.01. The molecule has 2 fully saturated rings. The van der Waals surface area contributed by atoms with Crippen molar-refractivity contribution >= 4 is 28.4 Å². The Labute approximate surface area is 193 Å². The van der Waals surface area contributed by atoms with Crippen LogP contribution in [0.3, 0.4) is 0 Å². The number of unbranched alkanes of at least 4 members (excludes halogenated alkanes) is 1. The molecule has 2 aliphatic rings. The zero-order valence-electron chi connectivity index (χ0n) is 18.8. The minimum absolute atomic E-state index is 0.529. The largest absolute Gasteiger partial charge is 0.351 e. The summed E-state index contributed by atoms with van der Waals surface area (Å²) in [4.78, 5) is 15.7. The highest BCUT2D eigenvalue weighted by Gasteiger charge is 2.38. The van der Waals surface area contributed by atoms with Crippen LogP contribution in [0, 0.1) is 0 Å². The number of hydrogen-bond acceptors (Lipinski definition) is 7. The van der Waals surface area contributed by atoms with Crippen LogP contribution in [0.15, 0.2) is 55.1 Å². The topological polar surface area (TPSA) is 83.8 Å². The van der Waals surface area contributed by atoms with E-state index in [1.807, 2.05) is 16.9 Å². The fraction of sp³-hybridized carbons (Fsp3) is 0.360. The van der Waals surface area contributed by atoms with Crippen LogP contribution in [-0.4, -0.2) is 49.9 Å². The molecule has 168 valence electrons. The lowest BCUT2D eigenvalue weighted by Crippen LogP contribution is -2.44. The lowest BCUT2D eigenvalue weighted by molar-refractivity contribution is 0.576. The first kappa shape index (κ1) is 20.1. The van der Waals surface area contributed by atoms with Crippen molar-refractivity contribution in [3.05, 3.63) is 60.7 Å². The fourth-order valence-corrected chi connectivity index (χ4v) is 5.01. The first-order valence-electron chi connectivity index (χ1n) is 11.8. The Hall–Kier alpha value is -3.52. The molecule has 3 aromatic heterocycles. The van der Waals surface area contributed by atoms with E-state index < -0.39 is 0 Å². The Morgan fingerprint density at radius 1 is 1.12 bits per heavy atom. The van der Waals surface area contributed by atoms with Gasteiger partial charge in [-0.1, -0.05) is 19.4 Å². The van der Waals surface area contributed by atoms with Crippen LogP contribution in [0.2, 0.25) is 0 Å². The maximum Gasteiger partial charge on any atom is 0.162 e. The highest BCUT2D eigenvalue weighted by Crippen LogP contribution is 2.32. The summed E-state index contributed by atoms with van der Waals surface area (Å²) in [7, 11) is 0. The van der Waals surface area contributed by atoms with Crippen LogP contribution < -0.4 is 15.5 Å². The van der Waals surface area contributed by atoms with Gasteiger partial charge in [0.05, 0.1) is 17.4 Å². The SMILES string of the molecule is CCCCc1ccc2c(Nc3cnccn3)nn(-c3ccnc(N4C[C@@H]5C[C@H]4CN5)c3)c2c1. The standard InChI is InChI=1S/C25H28N8/c1-2-3-4-17-5-6-21-22(11-17)33(31-25(21)30-23-15-26-9-10-27-23)19-7-8-28-24(13-19)32-16-18-12-20(32)14-29-18/h5-11,13,15,18,20,29H,2-4,12,14,16H2,1H3,(H,27,30,31)/t18-,20-/m0/s1. The molecule has 1 aromatic carbocycles. The van der Waals surface area contributed by atoms with Crippen LogP contribution in [0.4, 0.5) is 17.5 Å². The van der Waals surface area contributed by atoms with Crippen LogP contribution in [-0.2, 0) is 6.42 Å². The van der Waals surface area contributed by atoms with E-state index in [9.17, 15) is 0 Å². The van der Waals surface area contributed by atoms with Crippen LogP contribution in [0.5, 0.6) is 0 Å². The minimum atomic E-state index is 0.529. The monoisotopic (exact) mass is 440 g/mol. The Kier molecular flexibility index (Phi) is 5.14. The molecule has 4 aromatic rings. The number of nitrogens with one attached hydrogen (secondary N) is 2. The normalized spacial score (nSPS) is 19.5. The molecule has 2 N–H and O–H groups in total. The second-order valence-electron chi connectivity index (χ2n) is 8.95. The van der Waals surface area contributed by atoms with E-state index in [2.05, 4.69) is 56.7 Å². The summed E-state index contributed by atoms with van der Waals surface area (Å²) >= 11 is 0. The number of piperazine rings is 1. The summed E-state index contributed by atoms with van der Waals surface area (Å²) < 4.78 is 2.03. The smallest absolute Gasteiger partial charge is 0.162 e. The zero-order valence-corrected chi connectivity index (χ0v) is 18.8. The van der Waals surface area contributed by atoms with Gasteiger partial charge in [0.2, 0.25) is 0 Å². The second-order valence-corrected chi connectivity index (χ2v) is 8.95. The molecule has 2 aliphatic heterocycles. The molecule has 0 spiro atoms. The first-order valence-corrected chi connectivity index (χ1v) is 11.8. The van der Waals surface area contributed by atoms with Crippen LogP contribution >= 0.6 is 0 Å². The van der Waals surface area contributed by atoms with Crippen LogP contribution in [0.25, 0.3) is 16.6 Å². The summed E-state index contributed by atoms with van der Waals surface area (Å²) in [5.41, 5.74) is 3.42. The molecule has 0 saturated carbocycles. The molecule has 2 atom stereocenters. The van der Waals surface area contributed by atoms with Gasteiger partial charge in [-0.25, -0.2) is 14.6 Å². The molecular weight excluding hydrogens is 412 g/mol. The van der Waals surface area contributed by atoms with Crippen molar-refractivity contribution in [2.75, 3.05) is 23.3 Å². The van der Waals surface area contributed by atoms with E-state index in [0.717, 1.165) is 47.7 Å². The highest BCUT2D eigenvalue weighted by atomic mass is 15.3. The molecule has 8 nitrogen and oxygen atoms in total. The molecule has 2 saturated heterocycles. The number of fused-ring (bicyclic) bond motifs is 3. The number of hydrogen-bond donors (Lipinski definition) is 2. The van der Waals surface area contributed by atoms with Crippen molar-refractivity contribution in [3.8, 4) is 5.69 Å². The quantitative estimate of drug-likeness (QED) is 0.452. The van der Waals surface area contributed by atoms with Gasteiger partial charge in [0.25, 0.3) is 0 Å². The molecule has 0 unspecified atom stereocenters. The van der Waals surface area contributed by atoms with Gasteiger partial charge in [-0.05, 0) is 43.0 Å². The average molecular weight is 441 g/mol. The molecule has 2 bridgehead atoms. The summed E-state index contributed by atoms with van der Waals surface area (Å²) in [6.45, 7) is 4.28. The van der Waals surface area contributed by atoms with Crippen molar-refractivity contribution in [2.45, 2.75) is 44.7 Å². The number of anilines is 3. The summed E-state index contributed by atoms with van der Waals surface area (Å²) in [6, 6.07) is 11.9. The Morgan fingerprint density at radius 3 is 2.88 bits per heavy atom. The molecule has 0 aliphatic carbocycles. The molecule has 0 radical (unpaired) electrons. The highest BCUT2D eigenvalue weighted by molar-refractivity contribution is 5.93. The number of nitrogens with zero attached hydrogens (tertiary/aromatic N) is 6. The van der Waals surface area contributed by atoms with Crippen molar-refractivity contribution in [1.82, 2.24) is 30.0 Å². The molecule has 0 amide bonds. The number of pyridine rings is 1. The minimum Gasteiger partial charge on any atom is -0.351 e. The predicted molar refractivity (Wildman–Crippen MR) is 130 cm³/mol. The lowest BCUT2D eigenvalue weighted by atomic mass is 10.1. The lowest BCUT2D eigenvalue weighted by Gasteiger charge is -2.28. The summed E-state index contributed by atoms with van der Waals surface area (Å²) in [5, 5.41) is 13.0. The number of rotatable bonds is 7.